The summed E-state index contributed by atoms with van der Waals surface area (Å²) in [7, 11) is 0. The van der Waals surface area contributed by atoms with E-state index in [9.17, 15) is 30.6 Å². The quantitative estimate of drug-likeness (QED) is 0.323. The second-order valence-corrected chi connectivity index (χ2v) is 6.90. The van der Waals surface area contributed by atoms with Crippen LogP contribution >= 0.6 is 0 Å². The molecule has 2 heterocycles. The van der Waals surface area contributed by atoms with Crippen LogP contribution in [-0.2, 0) is 14.2 Å². The van der Waals surface area contributed by atoms with Crippen molar-refractivity contribution < 1.29 is 44.8 Å². The Hall–Kier alpha value is -0.780. The molecule has 2 fully saturated rings. The molecule has 1 saturated carbocycles. The van der Waals surface area contributed by atoms with Gasteiger partial charge < -0.3 is 44.8 Å². The number of hydrogen-bond acceptors (Lipinski definition) is 9. The Balaban J connectivity index is 1.76. The number of ether oxygens (including phenoxy) is 3. The minimum atomic E-state index is -1.56. The largest absolute Gasteiger partial charge is 0.472 e. The fraction of sp³-hybridized carbons (Fsp3) is 0.867. The van der Waals surface area contributed by atoms with E-state index in [1.165, 1.54) is 6.26 Å². The summed E-state index contributed by atoms with van der Waals surface area (Å²) >= 11 is 0. The van der Waals surface area contributed by atoms with E-state index in [0.29, 0.717) is 0 Å². The molecule has 3 aliphatic rings. The highest BCUT2D eigenvalue weighted by molar-refractivity contribution is 5.10. The molecule has 9 nitrogen and oxygen atoms in total. The average Bonchev–Trinajstić information content (AvgIpc) is 2.78. The summed E-state index contributed by atoms with van der Waals surface area (Å²) in [6, 6.07) is 0. The van der Waals surface area contributed by atoms with Gasteiger partial charge in [0.2, 0.25) is 6.29 Å². The molecule has 0 bridgehead atoms. The lowest BCUT2D eigenvalue weighted by molar-refractivity contribution is -0.346. The van der Waals surface area contributed by atoms with Gasteiger partial charge in [-0.3, -0.25) is 0 Å². The maximum absolute atomic E-state index is 10.5. The fourth-order valence-corrected chi connectivity index (χ4v) is 3.80. The molecule has 0 aromatic carbocycles. The van der Waals surface area contributed by atoms with Gasteiger partial charge in [-0.25, -0.2) is 0 Å². The molecule has 3 rings (SSSR count). The van der Waals surface area contributed by atoms with Crippen LogP contribution in [-0.4, -0.2) is 85.9 Å². The van der Waals surface area contributed by atoms with E-state index >= 15 is 0 Å². The van der Waals surface area contributed by atoms with Crippen LogP contribution in [0.15, 0.2) is 12.3 Å². The maximum Gasteiger partial charge on any atom is 0.207 e. The van der Waals surface area contributed by atoms with Gasteiger partial charge in [0.15, 0.2) is 6.29 Å². The van der Waals surface area contributed by atoms with Crippen molar-refractivity contribution >= 4 is 0 Å². The van der Waals surface area contributed by atoms with Gasteiger partial charge in [-0.2, -0.15) is 0 Å². The number of fused-ring (bicyclic) bond motifs is 1. The Labute approximate surface area is 138 Å². The third-order valence-electron chi connectivity index (χ3n) is 5.12. The predicted molar refractivity (Wildman–Crippen MR) is 77.1 cm³/mol. The highest BCUT2D eigenvalue weighted by Gasteiger charge is 2.56. The zero-order chi connectivity index (χ0) is 17.6. The van der Waals surface area contributed by atoms with Crippen molar-refractivity contribution in [1.82, 2.24) is 0 Å². The highest BCUT2D eigenvalue weighted by atomic mass is 16.8. The molecule has 9 heteroatoms. The molecule has 10 atom stereocenters. The average molecular weight is 348 g/mol. The molecule has 138 valence electrons. The lowest BCUT2D eigenvalue weighted by Gasteiger charge is -2.43. The van der Waals surface area contributed by atoms with E-state index < -0.39 is 61.2 Å². The molecule has 0 aromatic heterocycles. The van der Waals surface area contributed by atoms with Gasteiger partial charge >= 0.3 is 0 Å². The molecule has 0 radical (unpaired) electrons. The molecule has 0 spiro atoms. The summed E-state index contributed by atoms with van der Waals surface area (Å²) in [6.45, 7) is 0.992. The molecule has 1 aliphatic carbocycles. The Morgan fingerprint density at radius 2 is 1.83 bits per heavy atom. The summed E-state index contributed by atoms with van der Waals surface area (Å²) < 4.78 is 16.3. The summed E-state index contributed by atoms with van der Waals surface area (Å²) in [5, 5.41) is 59.5. The number of hydrogen-bond donors (Lipinski definition) is 6. The van der Waals surface area contributed by atoms with Gasteiger partial charge in [-0.15, -0.1) is 0 Å². The standard InChI is InChI=1S/C15H24O9/c1-15(21)4-7(17)6-2-3-22-13(9(6)15)24-14-12(20)11(19)10(18)8(5-16)23-14/h2-3,6-14,16-21H,4-5H2,1H3/t6?,7?,8-,9?,10-,11+,12-,13?,14+,15?/m1/s1. The molecule has 0 aromatic rings. The Morgan fingerprint density at radius 1 is 1.12 bits per heavy atom. The van der Waals surface area contributed by atoms with Crippen LogP contribution in [0.1, 0.15) is 13.3 Å². The number of aliphatic hydroxyl groups is 6. The van der Waals surface area contributed by atoms with Crippen molar-refractivity contribution in [1.29, 1.82) is 0 Å². The first kappa shape index (κ1) is 18.0. The van der Waals surface area contributed by atoms with E-state index in [1.54, 1.807) is 13.0 Å². The molecule has 5 unspecified atom stereocenters. The lowest BCUT2D eigenvalue weighted by atomic mass is 9.85. The molecule has 2 aliphatic heterocycles. The summed E-state index contributed by atoms with van der Waals surface area (Å²) in [5.74, 6) is -0.992. The van der Waals surface area contributed by atoms with E-state index in [2.05, 4.69) is 0 Å². The van der Waals surface area contributed by atoms with Gasteiger partial charge in [0.05, 0.1) is 30.5 Å². The SMILES string of the molecule is CC1(O)CC(O)C2C=COC(O[C@@H]3O[C@H](CO)[C@@H](O)[C@H](O)[C@H]3O)C21. The topological polar surface area (TPSA) is 149 Å². The van der Waals surface area contributed by atoms with Gasteiger partial charge in [0, 0.05) is 12.3 Å². The van der Waals surface area contributed by atoms with Crippen LogP contribution < -0.4 is 0 Å². The maximum atomic E-state index is 10.5. The second kappa shape index (κ2) is 6.50. The zero-order valence-electron chi connectivity index (χ0n) is 13.2. The van der Waals surface area contributed by atoms with Crippen molar-refractivity contribution in [2.75, 3.05) is 6.61 Å². The highest BCUT2D eigenvalue weighted by Crippen LogP contribution is 2.46. The fourth-order valence-electron chi connectivity index (χ4n) is 3.80. The van der Waals surface area contributed by atoms with Gasteiger partial charge in [0.25, 0.3) is 0 Å². The molecule has 1 saturated heterocycles. The Morgan fingerprint density at radius 3 is 2.50 bits per heavy atom. The van der Waals surface area contributed by atoms with E-state index in [1.807, 2.05) is 0 Å². The van der Waals surface area contributed by atoms with Crippen LogP contribution in [0.3, 0.4) is 0 Å². The summed E-state index contributed by atoms with van der Waals surface area (Å²) in [5.41, 5.74) is -1.26. The van der Waals surface area contributed by atoms with E-state index in [4.69, 9.17) is 14.2 Å². The van der Waals surface area contributed by atoms with Crippen molar-refractivity contribution in [3.63, 3.8) is 0 Å². The lowest BCUT2D eigenvalue weighted by Crippen LogP contribution is -2.60. The van der Waals surface area contributed by atoms with Crippen LogP contribution in [0.2, 0.25) is 0 Å². The van der Waals surface area contributed by atoms with Crippen molar-refractivity contribution in [3.05, 3.63) is 12.3 Å². The zero-order valence-corrected chi connectivity index (χ0v) is 13.2. The van der Waals surface area contributed by atoms with Crippen LogP contribution in [0, 0.1) is 11.8 Å². The van der Waals surface area contributed by atoms with Gasteiger partial charge in [-0.1, -0.05) is 0 Å². The summed E-state index contributed by atoms with van der Waals surface area (Å²) in [6.07, 6.45) is -5.74. The first-order valence-corrected chi connectivity index (χ1v) is 7.95. The van der Waals surface area contributed by atoms with Crippen LogP contribution in [0.5, 0.6) is 0 Å². The monoisotopic (exact) mass is 348 g/mol. The first-order chi connectivity index (χ1) is 11.3. The van der Waals surface area contributed by atoms with Crippen molar-refractivity contribution in [2.45, 2.75) is 62.0 Å². The van der Waals surface area contributed by atoms with E-state index in [-0.39, 0.29) is 12.3 Å². The number of rotatable bonds is 3. The minimum absolute atomic E-state index is 0.143. The van der Waals surface area contributed by atoms with Crippen molar-refractivity contribution in [2.24, 2.45) is 11.8 Å². The second-order valence-electron chi connectivity index (χ2n) is 6.90. The van der Waals surface area contributed by atoms with E-state index in [0.717, 1.165) is 0 Å². The molecule has 24 heavy (non-hydrogen) atoms. The number of aliphatic hydroxyl groups excluding tert-OH is 5. The molecular weight excluding hydrogens is 324 g/mol. The minimum Gasteiger partial charge on any atom is -0.472 e. The molecular formula is C15H24O9. The predicted octanol–water partition coefficient (Wildman–Crippen LogP) is -2.58. The normalized spacial score (nSPS) is 54.4. The van der Waals surface area contributed by atoms with Crippen LogP contribution in [0.25, 0.3) is 0 Å². The van der Waals surface area contributed by atoms with Crippen molar-refractivity contribution in [3.8, 4) is 0 Å². The Kier molecular flexibility index (Phi) is 4.89. The third kappa shape index (κ3) is 2.95. The Bertz CT molecular complexity index is 480. The third-order valence-corrected chi connectivity index (χ3v) is 5.12. The van der Waals surface area contributed by atoms with Gasteiger partial charge in [-0.05, 0) is 13.0 Å². The molecule has 0 amide bonds. The van der Waals surface area contributed by atoms with Gasteiger partial charge in [0.1, 0.15) is 24.4 Å². The van der Waals surface area contributed by atoms with Crippen LogP contribution in [0.4, 0.5) is 0 Å². The molecule has 6 N–H and O–H groups in total. The first-order valence-electron chi connectivity index (χ1n) is 7.95. The summed E-state index contributed by atoms with van der Waals surface area (Å²) in [4.78, 5) is 0. The smallest absolute Gasteiger partial charge is 0.207 e.